The molecule has 0 atom stereocenters. The molecule has 0 unspecified atom stereocenters. The summed E-state index contributed by atoms with van der Waals surface area (Å²) in [5.41, 5.74) is 1.65. The number of carbonyl (C=O) groups excluding carboxylic acids is 1. The lowest BCUT2D eigenvalue weighted by molar-refractivity contribution is -0.117. The number of aromatic nitrogens is 1. The molecule has 0 spiro atoms. The molecule has 0 fully saturated rings. The van der Waals surface area contributed by atoms with Crippen LogP contribution in [0, 0.1) is 0 Å². The van der Waals surface area contributed by atoms with Gasteiger partial charge in [0.15, 0.2) is 14.6 Å². The van der Waals surface area contributed by atoms with Crippen LogP contribution in [0.15, 0.2) is 53.5 Å². The van der Waals surface area contributed by atoms with Gasteiger partial charge in [0.05, 0.1) is 28.8 Å². The quantitative estimate of drug-likeness (QED) is 0.633. The molecule has 3 aromatic rings. The van der Waals surface area contributed by atoms with Gasteiger partial charge in [-0.2, -0.15) is 4.99 Å². The summed E-state index contributed by atoms with van der Waals surface area (Å²) in [6.07, 6.45) is -0.132. The minimum Gasteiger partial charge on any atom is -0.497 e. The number of aryl methyl sites for hydroxylation is 1. The standard InChI is InChI=1S/C19H20N2O4S2/c1-21-16-9-8-15(25-2)12-17(16)26-19(21)20-18(22)10-11-27(23,24)13-14-6-4-3-5-7-14/h3-9,12H,10-11,13H2,1-2H3. The number of sulfone groups is 1. The third-order valence-electron chi connectivity index (χ3n) is 4.09. The highest BCUT2D eigenvalue weighted by molar-refractivity contribution is 7.90. The normalized spacial score (nSPS) is 12.4. The maximum atomic E-state index is 12.2. The molecule has 6 nitrogen and oxygen atoms in total. The molecule has 0 aliphatic heterocycles. The fourth-order valence-corrected chi connectivity index (χ4v) is 5.05. The number of ether oxygens (including phenoxy) is 1. The van der Waals surface area contributed by atoms with E-state index in [1.807, 2.05) is 35.9 Å². The lowest BCUT2D eigenvalue weighted by Gasteiger charge is -2.03. The molecular weight excluding hydrogens is 384 g/mol. The van der Waals surface area contributed by atoms with Gasteiger partial charge >= 0.3 is 0 Å². The fraction of sp³-hybridized carbons (Fsp3) is 0.263. The average molecular weight is 405 g/mol. The molecule has 142 valence electrons. The van der Waals surface area contributed by atoms with E-state index in [0.29, 0.717) is 10.4 Å². The molecule has 0 aliphatic carbocycles. The van der Waals surface area contributed by atoms with Crippen LogP contribution in [0.4, 0.5) is 0 Å². The molecule has 2 aromatic carbocycles. The third-order valence-corrected chi connectivity index (χ3v) is 6.79. The first kappa shape index (κ1) is 19.3. The maximum Gasteiger partial charge on any atom is 0.249 e. The van der Waals surface area contributed by atoms with Gasteiger partial charge in [0.1, 0.15) is 5.75 Å². The van der Waals surface area contributed by atoms with Crippen LogP contribution in [0.2, 0.25) is 0 Å². The molecular formula is C19H20N2O4S2. The van der Waals surface area contributed by atoms with Gasteiger partial charge in [0, 0.05) is 13.5 Å². The van der Waals surface area contributed by atoms with Gasteiger partial charge in [0.2, 0.25) is 5.91 Å². The van der Waals surface area contributed by atoms with Crippen LogP contribution < -0.4 is 9.54 Å². The van der Waals surface area contributed by atoms with Crippen LogP contribution in [-0.2, 0) is 27.4 Å². The van der Waals surface area contributed by atoms with E-state index in [-0.39, 0.29) is 17.9 Å². The molecule has 1 amide bonds. The minimum absolute atomic E-state index is 0.0718. The Kier molecular flexibility index (Phi) is 5.76. The lowest BCUT2D eigenvalue weighted by atomic mass is 10.2. The third kappa shape index (κ3) is 4.84. The Balaban J connectivity index is 1.73. The van der Waals surface area contributed by atoms with E-state index < -0.39 is 15.7 Å². The zero-order chi connectivity index (χ0) is 19.4. The highest BCUT2D eigenvalue weighted by atomic mass is 32.2. The molecule has 1 aromatic heterocycles. The summed E-state index contributed by atoms with van der Waals surface area (Å²) in [6.45, 7) is 0. The SMILES string of the molecule is COc1ccc2c(c1)sc(=NC(=O)CCS(=O)(=O)Cc1ccccc1)n2C. The van der Waals surface area contributed by atoms with Crippen molar-refractivity contribution < 1.29 is 17.9 Å². The van der Waals surface area contributed by atoms with Crippen molar-refractivity contribution >= 4 is 37.3 Å². The van der Waals surface area contributed by atoms with Gasteiger partial charge in [0.25, 0.3) is 0 Å². The zero-order valence-corrected chi connectivity index (χ0v) is 16.7. The number of hydrogen-bond acceptors (Lipinski definition) is 5. The Morgan fingerprint density at radius 1 is 1.19 bits per heavy atom. The van der Waals surface area contributed by atoms with Gasteiger partial charge in [-0.1, -0.05) is 41.7 Å². The summed E-state index contributed by atoms with van der Waals surface area (Å²) < 4.78 is 32.4. The summed E-state index contributed by atoms with van der Waals surface area (Å²) in [6, 6.07) is 14.6. The van der Waals surface area contributed by atoms with Crippen LogP contribution in [0.1, 0.15) is 12.0 Å². The average Bonchev–Trinajstić information content (AvgIpc) is 2.95. The van der Waals surface area contributed by atoms with Crippen molar-refractivity contribution in [3.63, 3.8) is 0 Å². The highest BCUT2D eigenvalue weighted by Gasteiger charge is 2.15. The van der Waals surface area contributed by atoms with Gasteiger partial charge < -0.3 is 9.30 Å². The number of nitrogens with zero attached hydrogens (tertiary/aromatic N) is 2. The van der Waals surface area contributed by atoms with Crippen molar-refractivity contribution in [2.75, 3.05) is 12.9 Å². The first-order chi connectivity index (χ1) is 12.9. The Labute approximate surface area is 161 Å². The van der Waals surface area contributed by atoms with E-state index in [1.54, 1.807) is 31.4 Å². The van der Waals surface area contributed by atoms with E-state index in [1.165, 1.54) is 11.3 Å². The van der Waals surface area contributed by atoms with E-state index in [9.17, 15) is 13.2 Å². The number of amides is 1. The molecule has 3 rings (SSSR count). The second kappa shape index (κ2) is 8.06. The van der Waals surface area contributed by atoms with Gasteiger partial charge in [-0.25, -0.2) is 8.42 Å². The monoisotopic (exact) mass is 404 g/mol. The molecule has 27 heavy (non-hydrogen) atoms. The first-order valence-corrected chi connectivity index (χ1v) is 11.0. The number of fused-ring (bicyclic) bond motifs is 1. The lowest BCUT2D eigenvalue weighted by Crippen LogP contribution is -2.16. The molecule has 1 heterocycles. The predicted octanol–water partition coefficient (Wildman–Crippen LogP) is 2.68. The molecule has 0 saturated heterocycles. The van der Waals surface area contributed by atoms with Crippen molar-refractivity contribution in [2.45, 2.75) is 12.2 Å². The summed E-state index contributed by atoms with van der Waals surface area (Å²) in [4.78, 5) is 16.8. The van der Waals surface area contributed by atoms with Crippen LogP contribution in [-0.4, -0.2) is 31.8 Å². The number of benzene rings is 2. The van der Waals surface area contributed by atoms with Crippen molar-refractivity contribution in [1.29, 1.82) is 0 Å². The fourth-order valence-electron chi connectivity index (χ4n) is 2.65. The largest absolute Gasteiger partial charge is 0.497 e. The second-order valence-corrected chi connectivity index (χ2v) is 9.30. The number of hydrogen-bond donors (Lipinski definition) is 0. The summed E-state index contributed by atoms with van der Waals surface area (Å²) in [7, 11) is 0.0532. The second-order valence-electron chi connectivity index (χ2n) is 6.11. The topological polar surface area (TPSA) is 77.7 Å². The van der Waals surface area contributed by atoms with Crippen molar-refractivity contribution in [1.82, 2.24) is 4.57 Å². The van der Waals surface area contributed by atoms with Crippen LogP contribution >= 0.6 is 11.3 Å². The summed E-state index contributed by atoms with van der Waals surface area (Å²) >= 11 is 1.36. The van der Waals surface area contributed by atoms with Gasteiger partial charge in [-0.05, 0) is 23.8 Å². The molecule has 0 N–H and O–H groups in total. The Morgan fingerprint density at radius 2 is 1.93 bits per heavy atom. The smallest absolute Gasteiger partial charge is 0.249 e. The Morgan fingerprint density at radius 3 is 2.63 bits per heavy atom. The van der Waals surface area contributed by atoms with Crippen LogP contribution in [0.25, 0.3) is 10.2 Å². The first-order valence-electron chi connectivity index (χ1n) is 8.33. The molecule has 0 aliphatic rings. The predicted molar refractivity (Wildman–Crippen MR) is 106 cm³/mol. The maximum absolute atomic E-state index is 12.2. The Bertz CT molecular complexity index is 1130. The molecule has 0 radical (unpaired) electrons. The zero-order valence-electron chi connectivity index (χ0n) is 15.1. The van der Waals surface area contributed by atoms with Crippen LogP contribution in [0.5, 0.6) is 5.75 Å². The van der Waals surface area contributed by atoms with Gasteiger partial charge in [-0.3, -0.25) is 4.79 Å². The Hall–Kier alpha value is -2.45. The molecule has 8 heteroatoms. The summed E-state index contributed by atoms with van der Waals surface area (Å²) in [5, 5.41) is 0. The highest BCUT2D eigenvalue weighted by Crippen LogP contribution is 2.22. The van der Waals surface area contributed by atoms with E-state index >= 15 is 0 Å². The molecule has 0 bridgehead atoms. The number of carbonyl (C=O) groups is 1. The van der Waals surface area contributed by atoms with E-state index in [0.717, 1.165) is 16.0 Å². The molecule has 0 saturated carbocycles. The summed E-state index contributed by atoms with van der Waals surface area (Å²) in [5.74, 6) is -0.000433. The number of rotatable bonds is 6. The minimum atomic E-state index is -3.37. The number of thiazole rings is 1. The van der Waals surface area contributed by atoms with Gasteiger partial charge in [-0.15, -0.1) is 0 Å². The van der Waals surface area contributed by atoms with E-state index in [4.69, 9.17) is 4.74 Å². The van der Waals surface area contributed by atoms with Crippen molar-refractivity contribution in [2.24, 2.45) is 12.0 Å². The van der Waals surface area contributed by atoms with Crippen molar-refractivity contribution in [3.8, 4) is 5.75 Å². The van der Waals surface area contributed by atoms with Crippen LogP contribution in [0.3, 0.4) is 0 Å². The van der Waals surface area contributed by atoms with Crippen molar-refractivity contribution in [3.05, 3.63) is 58.9 Å². The van der Waals surface area contributed by atoms with E-state index in [2.05, 4.69) is 4.99 Å². The number of methoxy groups -OCH3 is 1.